The van der Waals surface area contributed by atoms with Gasteiger partial charge in [-0.05, 0) is 31.0 Å². The van der Waals surface area contributed by atoms with Gasteiger partial charge in [0.05, 0.1) is 0 Å². The first-order valence-electron chi connectivity index (χ1n) is 5.61. The van der Waals surface area contributed by atoms with E-state index in [2.05, 4.69) is 0 Å². The van der Waals surface area contributed by atoms with Crippen LogP contribution in [0.1, 0.15) is 12.0 Å². The Balaban J connectivity index is 2.59. The van der Waals surface area contributed by atoms with Crippen LogP contribution in [0.2, 0.25) is 0 Å². The first-order chi connectivity index (χ1) is 8.15. The van der Waals surface area contributed by atoms with Gasteiger partial charge < -0.3 is 5.11 Å². The van der Waals surface area contributed by atoms with Crippen LogP contribution < -0.4 is 0 Å². The number of hydrogen-bond donors (Lipinski definition) is 1. The van der Waals surface area contributed by atoms with E-state index < -0.39 is 12.0 Å². The van der Waals surface area contributed by atoms with Gasteiger partial charge in [0, 0.05) is 6.54 Å². The minimum Gasteiger partial charge on any atom is -0.480 e. The maximum absolute atomic E-state index is 11.2. The van der Waals surface area contributed by atoms with Crippen molar-refractivity contribution in [3.63, 3.8) is 0 Å². The molecule has 4 heteroatoms. The molecule has 0 aromatic heterocycles. The molecule has 17 heavy (non-hydrogen) atoms. The highest BCUT2D eigenvalue weighted by Crippen LogP contribution is 2.11. The lowest BCUT2D eigenvalue weighted by molar-refractivity contribution is -0.143. The highest BCUT2D eigenvalue weighted by Gasteiger charge is 2.21. The topological polar surface area (TPSA) is 40.5 Å². The molecule has 0 amide bonds. The van der Waals surface area contributed by atoms with Gasteiger partial charge in [-0.3, -0.25) is 9.69 Å². The predicted molar refractivity (Wildman–Crippen MR) is 72.3 cm³/mol. The van der Waals surface area contributed by atoms with Crippen molar-refractivity contribution >= 4 is 17.7 Å². The summed E-state index contributed by atoms with van der Waals surface area (Å²) in [6.07, 6.45) is 2.68. The number of thioether (sulfide) groups is 1. The molecule has 0 radical (unpaired) electrons. The molecule has 0 aliphatic rings. The standard InChI is InChI=1S/C13H19NO2S/c1-14(10-11-6-4-3-5-7-11)12(13(15)16)8-9-17-2/h3-7,12H,8-10H2,1-2H3,(H,15,16)/t12-/m0/s1. The second-order valence-corrected chi connectivity index (χ2v) is 5.02. The monoisotopic (exact) mass is 253 g/mol. The van der Waals surface area contributed by atoms with Crippen LogP contribution in [-0.4, -0.2) is 41.1 Å². The minimum absolute atomic E-state index is 0.400. The highest BCUT2D eigenvalue weighted by atomic mass is 32.2. The molecule has 1 rings (SSSR count). The zero-order chi connectivity index (χ0) is 12.7. The molecule has 0 saturated heterocycles. The largest absolute Gasteiger partial charge is 0.480 e. The van der Waals surface area contributed by atoms with Crippen LogP contribution in [0, 0.1) is 0 Å². The van der Waals surface area contributed by atoms with Crippen LogP contribution in [0.5, 0.6) is 0 Å². The number of likely N-dealkylation sites (N-methyl/N-ethyl adjacent to an activating group) is 1. The first kappa shape index (κ1) is 14.1. The van der Waals surface area contributed by atoms with E-state index in [0.29, 0.717) is 13.0 Å². The third kappa shape index (κ3) is 4.79. The van der Waals surface area contributed by atoms with E-state index in [4.69, 9.17) is 0 Å². The highest BCUT2D eigenvalue weighted by molar-refractivity contribution is 7.98. The number of carboxylic acids is 1. The summed E-state index contributed by atoms with van der Waals surface area (Å²) in [5.74, 6) is 0.133. The number of nitrogens with zero attached hydrogens (tertiary/aromatic N) is 1. The van der Waals surface area contributed by atoms with Crippen molar-refractivity contribution in [3.05, 3.63) is 35.9 Å². The Kier molecular flexibility index (Phi) is 6.08. The summed E-state index contributed by atoms with van der Waals surface area (Å²) in [5.41, 5.74) is 1.14. The van der Waals surface area contributed by atoms with E-state index in [-0.39, 0.29) is 0 Å². The number of carbonyl (C=O) groups is 1. The average molecular weight is 253 g/mol. The summed E-state index contributed by atoms with van der Waals surface area (Å²) in [5, 5.41) is 9.20. The maximum atomic E-state index is 11.2. The Morgan fingerprint density at radius 2 is 2.06 bits per heavy atom. The molecule has 0 aliphatic heterocycles. The van der Waals surface area contributed by atoms with E-state index >= 15 is 0 Å². The van der Waals surface area contributed by atoms with E-state index in [1.54, 1.807) is 11.8 Å². The van der Waals surface area contributed by atoms with E-state index in [1.165, 1.54) is 0 Å². The Morgan fingerprint density at radius 3 is 2.59 bits per heavy atom. The summed E-state index contributed by atoms with van der Waals surface area (Å²) >= 11 is 1.68. The van der Waals surface area contributed by atoms with Crippen molar-refractivity contribution in [2.75, 3.05) is 19.1 Å². The van der Waals surface area contributed by atoms with Crippen molar-refractivity contribution in [1.29, 1.82) is 0 Å². The van der Waals surface area contributed by atoms with Crippen molar-refractivity contribution in [2.24, 2.45) is 0 Å². The molecule has 0 spiro atoms. The maximum Gasteiger partial charge on any atom is 0.320 e. The van der Waals surface area contributed by atoms with Gasteiger partial charge in [-0.25, -0.2) is 0 Å². The van der Waals surface area contributed by atoms with Crippen LogP contribution in [-0.2, 0) is 11.3 Å². The zero-order valence-electron chi connectivity index (χ0n) is 10.3. The molecule has 94 valence electrons. The third-order valence-corrected chi connectivity index (χ3v) is 3.33. The zero-order valence-corrected chi connectivity index (χ0v) is 11.1. The Hall–Kier alpha value is -1.00. The van der Waals surface area contributed by atoms with Crippen LogP contribution in [0.4, 0.5) is 0 Å². The third-order valence-electron chi connectivity index (χ3n) is 2.69. The van der Waals surface area contributed by atoms with Crippen molar-refractivity contribution in [2.45, 2.75) is 19.0 Å². The molecule has 0 bridgehead atoms. The fourth-order valence-electron chi connectivity index (χ4n) is 1.74. The summed E-state index contributed by atoms with van der Waals surface area (Å²) in [6, 6.07) is 9.55. The van der Waals surface area contributed by atoms with Gasteiger partial charge >= 0.3 is 5.97 Å². The normalized spacial score (nSPS) is 12.6. The Labute approximate surface area is 107 Å². The first-order valence-corrected chi connectivity index (χ1v) is 7.00. The molecule has 1 atom stereocenters. The van der Waals surface area contributed by atoms with Crippen molar-refractivity contribution in [1.82, 2.24) is 4.90 Å². The smallest absolute Gasteiger partial charge is 0.320 e. The second-order valence-electron chi connectivity index (χ2n) is 4.04. The SMILES string of the molecule is CSCC[C@@H](C(=O)O)N(C)Cc1ccccc1. The fraction of sp³-hybridized carbons (Fsp3) is 0.462. The van der Waals surface area contributed by atoms with Crippen LogP contribution >= 0.6 is 11.8 Å². The Bertz CT molecular complexity index is 343. The lowest BCUT2D eigenvalue weighted by Gasteiger charge is -2.24. The van der Waals surface area contributed by atoms with Gasteiger partial charge in [-0.2, -0.15) is 11.8 Å². The lowest BCUT2D eigenvalue weighted by Crippen LogP contribution is -2.38. The molecule has 0 saturated carbocycles. The molecular weight excluding hydrogens is 234 g/mol. The number of rotatable bonds is 7. The molecular formula is C13H19NO2S. The predicted octanol–water partition coefficient (Wildman–Crippen LogP) is 2.32. The molecule has 1 aromatic carbocycles. The summed E-state index contributed by atoms with van der Waals surface area (Å²) in [6.45, 7) is 0.673. The molecule has 3 nitrogen and oxygen atoms in total. The van der Waals surface area contributed by atoms with E-state index in [9.17, 15) is 9.90 Å². The molecule has 1 aromatic rings. The van der Waals surface area contributed by atoms with Gasteiger partial charge in [0.15, 0.2) is 0 Å². The van der Waals surface area contributed by atoms with Crippen LogP contribution in [0.3, 0.4) is 0 Å². The number of hydrogen-bond acceptors (Lipinski definition) is 3. The van der Waals surface area contributed by atoms with Crippen LogP contribution in [0.25, 0.3) is 0 Å². The lowest BCUT2D eigenvalue weighted by atomic mass is 10.1. The van der Waals surface area contributed by atoms with E-state index in [1.807, 2.05) is 48.5 Å². The quantitative estimate of drug-likeness (QED) is 0.809. The molecule has 0 aliphatic carbocycles. The minimum atomic E-state index is -0.738. The second kappa shape index (κ2) is 7.35. The van der Waals surface area contributed by atoms with Gasteiger partial charge in [0.1, 0.15) is 6.04 Å². The van der Waals surface area contributed by atoms with Crippen molar-refractivity contribution < 1.29 is 9.90 Å². The summed E-state index contributed by atoms with van der Waals surface area (Å²) in [7, 11) is 1.87. The van der Waals surface area contributed by atoms with Crippen molar-refractivity contribution in [3.8, 4) is 0 Å². The number of aliphatic carboxylic acids is 1. The molecule has 1 N–H and O–H groups in total. The van der Waals surface area contributed by atoms with Crippen LogP contribution in [0.15, 0.2) is 30.3 Å². The summed E-state index contributed by atoms with van der Waals surface area (Å²) in [4.78, 5) is 13.1. The van der Waals surface area contributed by atoms with Gasteiger partial charge in [-0.1, -0.05) is 30.3 Å². The molecule has 0 heterocycles. The number of carboxylic acid groups (broad SMARTS) is 1. The van der Waals surface area contributed by atoms with Gasteiger partial charge in [0.25, 0.3) is 0 Å². The average Bonchev–Trinajstić information content (AvgIpc) is 2.30. The summed E-state index contributed by atoms with van der Waals surface area (Å²) < 4.78 is 0. The molecule has 0 fully saturated rings. The van der Waals surface area contributed by atoms with Gasteiger partial charge in [-0.15, -0.1) is 0 Å². The van der Waals surface area contributed by atoms with E-state index in [0.717, 1.165) is 11.3 Å². The fourth-order valence-corrected chi connectivity index (χ4v) is 2.20. The number of benzene rings is 1. The molecule has 0 unspecified atom stereocenters. The Morgan fingerprint density at radius 1 is 1.41 bits per heavy atom. The van der Waals surface area contributed by atoms with Gasteiger partial charge in [0.2, 0.25) is 0 Å².